The minimum atomic E-state index is -4.53. The van der Waals surface area contributed by atoms with E-state index in [-0.39, 0.29) is 25.8 Å². The monoisotopic (exact) mass is 850 g/mol. The summed E-state index contributed by atoms with van der Waals surface area (Å²) >= 11 is 0. The van der Waals surface area contributed by atoms with Crippen molar-refractivity contribution in [1.29, 1.82) is 0 Å². The topological polar surface area (TPSA) is 94.1 Å². The Morgan fingerprint density at radius 2 is 0.983 bits per heavy atom. The van der Waals surface area contributed by atoms with E-state index < -0.39 is 13.9 Å². The predicted molar refractivity (Wildman–Crippen MR) is 249 cm³/mol. The molecule has 59 heavy (non-hydrogen) atoms. The zero-order valence-corrected chi connectivity index (χ0v) is 39.8. The maximum Gasteiger partial charge on any atom is 0.306 e. The van der Waals surface area contributed by atoms with E-state index in [2.05, 4.69) is 74.6 Å². The number of phosphoric ester groups is 1. The van der Waals surface area contributed by atoms with E-state index >= 15 is 0 Å². The van der Waals surface area contributed by atoms with Crippen molar-refractivity contribution in [2.24, 2.45) is 0 Å². The summed E-state index contributed by atoms with van der Waals surface area (Å²) in [7, 11) is 1.34. The third-order valence-electron chi connectivity index (χ3n) is 10.1. The number of phosphoric acid groups is 1. The summed E-state index contributed by atoms with van der Waals surface area (Å²) in [5, 5.41) is 0. The number of quaternary nitrogens is 1. The van der Waals surface area contributed by atoms with Crippen LogP contribution in [0.25, 0.3) is 0 Å². The number of rotatable bonds is 44. The fourth-order valence-corrected chi connectivity index (χ4v) is 7.08. The highest BCUT2D eigenvalue weighted by molar-refractivity contribution is 7.45. The summed E-state index contributed by atoms with van der Waals surface area (Å²) in [6.45, 7) is 5.27. The van der Waals surface area contributed by atoms with E-state index in [1.165, 1.54) is 116 Å². The SMILES string of the molecule is CC/C=C\C/C=C\C/C=C\C/C=C\CCCCCCCCCCCCC(=O)OC(COCCCCCCCC/C=C\CCCCCC)COP(=O)([O-])OCC[N+](C)(C)C. The number of hydrogen-bond acceptors (Lipinski definition) is 7. The number of hydrogen-bond donors (Lipinski definition) is 0. The molecular weight excluding hydrogens is 758 g/mol. The second-order valence-corrected chi connectivity index (χ2v) is 18.5. The second kappa shape index (κ2) is 42.9. The lowest BCUT2D eigenvalue weighted by Gasteiger charge is -2.28. The van der Waals surface area contributed by atoms with Gasteiger partial charge < -0.3 is 27.9 Å². The highest BCUT2D eigenvalue weighted by atomic mass is 31.2. The third-order valence-corrected chi connectivity index (χ3v) is 11.0. The molecule has 0 aromatic heterocycles. The summed E-state index contributed by atoms with van der Waals surface area (Å²) in [6, 6.07) is 0. The van der Waals surface area contributed by atoms with Gasteiger partial charge in [0, 0.05) is 13.0 Å². The molecule has 9 heteroatoms. The maximum atomic E-state index is 12.7. The van der Waals surface area contributed by atoms with Crippen LogP contribution in [0, 0.1) is 0 Å². The number of likely N-dealkylation sites (N-methyl/N-ethyl adjacent to an activating group) is 1. The van der Waals surface area contributed by atoms with Crippen LogP contribution in [0.4, 0.5) is 0 Å². The smallest absolute Gasteiger partial charge is 0.306 e. The second-order valence-electron chi connectivity index (χ2n) is 17.1. The summed E-state index contributed by atoms with van der Waals surface area (Å²) in [5.41, 5.74) is 0. The lowest BCUT2D eigenvalue weighted by molar-refractivity contribution is -0.870. The van der Waals surface area contributed by atoms with Crippen molar-refractivity contribution in [2.75, 3.05) is 54.1 Å². The number of nitrogens with zero attached hydrogens (tertiary/aromatic N) is 1. The van der Waals surface area contributed by atoms with E-state index in [0.29, 0.717) is 24.1 Å². The molecular formula is C50H92NO7P. The Hall–Kier alpha value is -1.80. The first-order chi connectivity index (χ1) is 28.6. The molecule has 0 N–H and O–H groups in total. The van der Waals surface area contributed by atoms with Gasteiger partial charge in [-0.3, -0.25) is 9.36 Å². The number of carbonyl (C=O) groups is 1. The Morgan fingerprint density at radius 1 is 0.542 bits per heavy atom. The quantitative estimate of drug-likeness (QED) is 0.0198. The number of esters is 1. The Kier molecular flexibility index (Phi) is 41.6. The van der Waals surface area contributed by atoms with Crippen LogP contribution in [-0.4, -0.2) is 70.7 Å². The molecule has 2 unspecified atom stereocenters. The molecule has 0 radical (unpaired) electrons. The van der Waals surface area contributed by atoms with Gasteiger partial charge in [-0.15, -0.1) is 0 Å². The van der Waals surface area contributed by atoms with Gasteiger partial charge in [-0.05, 0) is 77.0 Å². The first kappa shape index (κ1) is 57.2. The first-order valence-electron chi connectivity index (χ1n) is 24.0. The van der Waals surface area contributed by atoms with Crippen molar-refractivity contribution in [3.05, 3.63) is 60.8 Å². The largest absolute Gasteiger partial charge is 0.756 e. The van der Waals surface area contributed by atoms with Crippen LogP contribution >= 0.6 is 7.82 Å². The van der Waals surface area contributed by atoms with Crippen molar-refractivity contribution < 1.29 is 37.3 Å². The summed E-state index contributed by atoms with van der Waals surface area (Å²) < 4.78 is 34.7. The normalized spacial score (nSPS) is 14.2. The molecule has 2 atom stereocenters. The van der Waals surface area contributed by atoms with Crippen molar-refractivity contribution >= 4 is 13.8 Å². The van der Waals surface area contributed by atoms with Gasteiger partial charge in [-0.25, -0.2) is 0 Å². The molecule has 0 aromatic carbocycles. The molecule has 0 amide bonds. The van der Waals surface area contributed by atoms with Gasteiger partial charge in [0.1, 0.15) is 19.3 Å². The molecule has 0 bridgehead atoms. The predicted octanol–water partition coefficient (Wildman–Crippen LogP) is 13.9. The first-order valence-corrected chi connectivity index (χ1v) is 25.5. The Bertz CT molecular complexity index is 1130. The van der Waals surface area contributed by atoms with Crippen LogP contribution in [0.15, 0.2) is 60.8 Å². The van der Waals surface area contributed by atoms with E-state index in [0.717, 1.165) is 57.8 Å². The van der Waals surface area contributed by atoms with Gasteiger partial charge in [0.15, 0.2) is 0 Å². The molecule has 0 aliphatic heterocycles. The van der Waals surface area contributed by atoms with Gasteiger partial charge in [0.2, 0.25) is 0 Å². The summed E-state index contributed by atoms with van der Waals surface area (Å²) in [4.78, 5) is 25.1. The Morgan fingerprint density at radius 3 is 1.49 bits per heavy atom. The van der Waals surface area contributed by atoms with Crippen LogP contribution in [0.3, 0.4) is 0 Å². The highest BCUT2D eigenvalue weighted by Crippen LogP contribution is 2.38. The zero-order valence-electron chi connectivity index (χ0n) is 38.9. The number of carbonyl (C=O) groups excluding carboxylic acids is 1. The van der Waals surface area contributed by atoms with Gasteiger partial charge in [-0.1, -0.05) is 171 Å². The number of ether oxygens (including phenoxy) is 2. The lowest BCUT2D eigenvalue weighted by atomic mass is 10.0. The van der Waals surface area contributed by atoms with E-state index in [9.17, 15) is 14.3 Å². The molecule has 0 saturated carbocycles. The molecule has 0 saturated heterocycles. The summed E-state index contributed by atoms with van der Waals surface area (Å²) in [5.74, 6) is -0.342. The summed E-state index contributed by atoms with van der Waals surface area (Å²) in [6.07, 6.45) is 53.8. The van der Waals surface area contributed by atoms with Crippen LogP contribution in [0.5, 0.6) is 0 Å². The van der Waals surface area contributed by atoms with Crippen LogP contribution in [0.2, 0.25) is 0 Å². The van der Waals surface area contributed by atoms with E-state index in [4.69, 9.17) is 18.5 Å². The fraction of sp³-hybridized carbons (Fsp3) is 0.780. The average Bonchev–Trinajstić information content (AvgIpc) is 3.19. The number of unbranched alkanes of at least 4 members (excludes halogenated alkanes) is 20. The zero-order chi connectivity index (χ0) is 43.4. The molecule has 0 spiro atoms. The molecule has 0 heterocycles. The minimum absolute atomic E-state index is 0.0221. The highest BCUT2D eigenvalue weighted by Gasteiger charge is 2.20. The van der Waals surface area contributed by atoms with Crippen molar-refractivity contribution in [3.63, 3.8) is 0 Å². The van der Waals surface area contributed by atoms with Crippen molar-refractivity contribution in [1.82, 2.24) is 0 Å². The number of allylic oxidation sites excluding steroid dienone is 10. The van der Waals surface area contributed by atoms with Gasteiger partial charge in [0.25, 0.3) is 7.82 Å². The molecule has 344 valence electrons. The van der Waals surface area contributed by atoms with Crippen LogP contribution < -0.4 is 4.89 Å². The van der Waals surface area contributed by atoms with Gasteiger partial charge >= 0.3 is 5.97 Å². The Balaban J connectivity index is 4.17. The minimum Gasteiger partial charge on any atom is -0.756 e. The van der Waals surface area contributed by atoms with Gasteiger partial charge in [0.05, 0.1) is 34.4 Å². The molecule has 0 rings (SSSR count). The molecule has 0 fully saturated rings. The molecule has 8 nitrogen and oxygen atoms in total. The maximum absolute atomic E-state index is 12.7. The van der Waals surface area contributed by atoms with Crippen LogP contribution in [-0.2, 0) is 27.9 Å². The lowest BCUT2D eigenvalue weighted by Crippen LogP contribution is -2.37. The van der Waals surface area contributed by atoms with Crippen LogP contribution in [0.1, 0.15) is 194 Å². The Labute approximate surface area is 364 Å². The molecule has 0 aliphatic carbocycles. The molecule has 0 aromatic rings. The van der Waals surface area contributed by atoms with Gasteiger partial charge in [-0.2, -0.15) is 0 Å². The van der Waals surface area contributed by atoms with Crippen molar-refractivity contribution in [2.45, 2.75) is 200 Å². The van der Waals surface area contributed by atoms with Crippen molar-refractivity contribution in [3.8, 4) is 0 Å². The molecule has 0 aliphatic rings. The van der Waals surface area contributed by atoms with E-state index in [1.54, 1.807) is 0 Å². The average molecular weight is 850 g/mol. The third kappa shape index (κ3) is 47.1. The fourth-order valence-electron chi connectivity index (χ4n) is 6.36. The van der Waals surface area contributed by atoms with E-state index in [1.807, 2.05) is 21.1 Å². The standard InChI is InChI=1S/C50H92NO7P/c1-6-8-10-12-14-16-18-20-22-23-24-25-26-27-28-29-30-31-33-35-37-39-41-43-50(52)58-49(48-57-59(53,54)56-46-44-51(3,4)5)47-55-45-42-40-38-36-34-32-21-19-17-15-13-11-9-7-2/h8,10,14,16-17,19-20,22,24-25,49H,6-7,9,11-13,15,18,21,23,26-48H2,1-5H3/b10-8-,16-14-,19-17-,22-20-,25-24-.